The molecule has 1 N–H and O–H groups in total. The molecule has 0 heterocycles. The molecular formula is C16H23NO. The second-order valence-electron chi connectivity index (χ2n) is 5.60. The molecule has 0 bridgehead atoms. The highest BCUT2D eigenvalue weighted by molar-refractivity contribution is 6.01. The predicted molar refractivity (Wildman–Crippen MR) is 75.4 cm³/mol. The van der Waals surface area contributed by atoms with Crippen LogP contribution in [0.2, 0.25) is 0 Å². The zero-order valence-corrected chi connectivity index (χ0v) is 11.4. The van der Waals surface area contributed by atoms with Crippen LogP contribution in [0.5, 0.6) is 0 Å². The molecule has 0 radical (unpaired) electrons. The first kappa shape index (κ1) is 13.1. The highest BCUT2D eigenvalue weighted by Gasteiger charge is 2.16. The van der Waals surface area contributed by atoms with Gasteiger partial charge in [-0.3, -0.25) is 0 Å². The van der Waals surface area contributed by atoms with E-state index in [0.29, 0.717) is 0 Å². The molecule has 1 fully saturated rings. The molecule has 18 heavy (non-hydrogen) atoms. The molecule has 0 unspecified atom stereocenters. The van der Waals surface area contributed by atoms with Crippen LogP contribution in [-0.2, 0) is 0 Å². The van der Waals surface area contributed by atoms with E-state index in [4.69, 9.17) is 5.21 Å². The van der Waals surface area contributed by atoms with Crippen LogP contribution in [0.15, 0.2) is 29.4 Å². The van der Waals surface area contributed by atoms with Gasteiger partial charge in [-0.25, -0.2) is 0 Å². The molecule has 2 nitrogen and oxygen atoms in total. The summed E-state index contributed by atoms with van der Waals surface area (Å²) >= 11 is 0. The Bertz CT molecular complexity index is 400. The molecule has 98 valence electrons. The lowest BCUT2D eigenvalue weighted by molar-refractivity contribution is 0.316. The second kappa shape index (κ2) is 6.03. The number of benzene rings is 1. The van der Waals surface area contributed by atoms with Crippen LogP contribution in [0.1, 0.15) is 63.0 Å². The highest BCUT2D eigenvalue weighted by Crippen LogP contribution is 2.32. The molecule has 0 saturated heterocycles. The van der Waals surface area contributed by atoms with E-state index in [1.165, 1.54) is 37.7 Å². The first-order valence-electron chi connectivity index (χ1n) is 7.04. The van der Waals surface area contributed by atoms with Crippen molar-refractivity contribution < 1.29 is 5.21 Å². The van der Waals surface area contributed by atoms with Crippen molar-refractivity contribution in [1.82, 2.24) is 0 Å². The summed E-state index contributed by atoms with van der Waals surface area (Å²) in [6, 6.07) is 8.61. The minimum atomic E-state index is 0.246. The summed E-state index contributed by atoms with van der Waals surface area (Å²) in [6.07, 6.45) is 6.77. The van der Waals surface area contributed by atoms with E-state index in [-0.39, 0.29) is 5.92 Å². The molecule has 1 aromatic rings. The summed E-state index contributed by atoms with van der Waals surface area (Å²) in [6.45, 7) is 4.09. The van der Waals surface area contributed by atoms with Gasteiger partial charge in [0.25, 0.3) is 0 Å². The molecule has 2 rings (SSSR count). The standard InChI is InChI=1S/C16H23NO/c1-12(2)16(17-18)15-10-8-14(9-11-15)13-6-4-3-5-7-13/h8-13,18H,3-7H2,1-2H3/b17-16-. The van der Waals surface area contributed by atoms with Gasteiger partial charge in [-0.2, -0.15) is 0 Å². The van der Waals surface area contributed by atoms with E-state index in [2.05, 4.69) is 29.4 Å². The molecule has 2 heteroatoms. The van der Waals surface area contributed by atoms with Gasteiger partial charge in [0, 0.05) is 0 Å². The summed E-state index contributed by atoms with van der Waals surface area (Å²) in [5, 5.41) is 12.5. The van der Waals surface area contributed by atoms with Gasteiger partial charge in [-0.1, -0.05) is 62.5 Å². The maximum absolute atomic E-state index is 9.06. The lowest BCUT2D eigenvalue weighted by Gasteiger charge is -2.22. The number of nitrogens with zero attached hydrogens (tertiary/aromatic N) is 1. The molecule has 0 spiro atoms. The Morgan fingerprint density at radius 2 is 1.72 bits per heavy atom. The fourth-order valence-electron chi connectivity index (χ4n) is 2.87. The van der Waals surface area contributed by atoms with Gasteiger partial charge >= 0.3 is 0 Å². The lowest BCUT2D eigenvalue weighted by atomic mass is 9.83. The molecule has 1 aliphatic carbocycles. The minimum absolute atomic E-state index is 0.246. The first-order valence-corrected chi connectivity index (χ1v) is 7.04. The van der Waals surface area contributed by atoms with Crippen LogP contribution in [0, 0.1) is 5.92 Å². The van der Waals surface area contributed by atoms with Gasteiger partial charge < -0.3 is 5.21 Å². The van der Waals surface area contributed by atoms with Crippen LogP contribution >= 0.6 is 0 Å². The monoisotopic (exact) mass is 245 g/mol. The summed E-state index contributed by atoms with van der Waals surface area (Å²) in [5.74, 6) is 0.983. The molecule has 1 aliphatic rings. The summed E-state index contributed by atoms with van der Waals surface area (Å²) in [5.41, 5.74) is 3.25. The Labute approximate surface area is 110 Å². The maximum atomic E-state index is 9.06. The van der Waals surface area contributed by atoms with Crippen LogP contribution in [0.25, 0.3) is 0 Å². The van der Waals surface area contributed by atoms with Crippen LogP contribution < -0.4 is 0 Å². The van der Waals surface area contributed by atoms with Crippen molar-refractivity contribution in [2.75, 3.05) is 0 Å². The normalized spacial score (nSPS) is 18.3. The third-order valence-electron chi connectivity index (χ3n) is 3.94. The fraction of sp³-hybridized carbons (Fsp3) is 0.562. The highest BCUT2D eigenvalue weighted by atomic mass is 16.4. The van der Waals surface area contributed by atoms with Crippen molar-refractivity contribution in [3.8, 4) is 0 Å². The van der Waals surface area contributed by atoms with Crippen LogP contribution in [0.3, 0.4) is 0 Å². The van der Waals surface area contributed by atoms with Crippen molar-refractivity contribution in [2.45, 2.75) is 51.9 Å². The Morgan fingerprint density at radius 3 is 2.22 bits per heavy atom. The molecule has 0 aliphatic heterocycles. The van der Waals surface area contributed by atoms with E-state index in [9.17, 15) is 0 Å². The van der Waals surface area contributed by atoms with E-state index < -0.39 is 0 Å². The number of hydrogen-bond donors (Lipinski definition) is 1. The van der Waals surface area contributed by atoms with Gasteiger partial charge in [-0.15, -0.1) is 0 Å². The van der Waals surface area contributed by atoms with Gasteiger partial charge in [0.2, 0.25) is 0 Å². The van der Waals surface area contributed by atoms with Crippen molar-refractivity contribution in [3.05, 3.63) is 35.4 Å². The molecular weight excluding hydrogens is 222 g/mol. The number of rotatable bonds is 3. The zero-order valence-electron chi connectivity index (χ0n) is 11.4. The smallest absolute Gasteiger partial charge is 0.0893 e. The fourth-order valence-corrected chi connectivity index (χ4v) is 2.87. The summed E-state index contributed by atoms with van der Waals surface area (Å²) in [4.78, 5) is 0. The van der Waals surface area contributed by atoms with Crippen molar-refractivity contribution in [1.29, 1.82) is 0 Å². The van der Waals surface area contributed by atoms with Gasteiger partial charge in [0.05, 0.1) is 5.71 Å². The average molecular weight is 245 g/mol. The third-order valence-corrected chi connectivity index (χ3v) is 3.94. The second-order valence-corrected chi connectivity index (χ2v) is 5.60. The molecule has 1 aromatic carbocycles. The van der Waals surface area contributed by atoms with Gasteiger partial charge in [-0.05, 0) is 35.8 Å². The summed E-state index contributed by atoms with van der Waals surface area (Å²) < 4.78 is 0. The zero-order chi connectivity index (χ0) is 13.0. The molecule has 0 amide bonds. The third kappa shape index (κ3) is 2.92. The largest absolute Gasteiger partial charge is 0.411 e. The molecule has 0 aromatic heterocycles. The van der Waals surface area contributed by atoms with Crippen molar-refractivity contribution in [3.63, 3.8) is 0 Å². The minimum Gasteiger partial charge on any atom is -0.411 e. The quantitative estimate of drug-likeness (QED) is 0.472. The first-order chi connectivity index (χ1) is 8.72. The number of hydrogen-bond acceptors (Lipinski definition) is 2. The van der Waals surface area contributed by atoms with Crippen molar-refractivity contribution >= 4 is 5.71 Å². The van der Waals surface area contributed by atoms with E-state index >= 15 is 0 Å². The van der Waals surface area contributed by atoms with E-state index in [1.54, 1.807) is 0 Å². The Kier molecular flexibility index (Phi) is 4.40. The van der Waals surface area contributed by atoms with Crippen molar-refractivity contribution in [2.24, 2.45) is 11.1 Å². The van der Waals surface area contributed by atoms with Crippen LogP contribution in [-0.4, -0.2) is 10.9 Å². The lowest BCUT2D eigenvalue weighted by Crippen LogP contribution is -2.10. The molecule has 1 saturated carbocycles. The maximum Gasteiger partial charge on any atom is 0.0893 e. The molecule has 0 atom stereocenters. The summed E-state index contributed by atoms with van der Waals surface area (Å²) in [7, 11) is 0. The van der Waals surface area contributed by atoms with Gasteiger partial charge in [0.15, 0.2) is 0 Å². The predicted octanol–water partition coefficient (Wildman–Crippen LogP) is 4.57. The Balaban J connectivity index is 2.14. The SMILES string of the molecule is CC(C)/C(=N/O)c1ccc(C2CCCCC2)cc1. The Hall–Kier alpha value is -1.31. The van der Waals surface area contributed by atoms with Crippen LogP contribution in [0.4, 0.5) is 0 Å². The van der Waals surface area contributed by atoms with E-state index in [0.717, 1.165) is 17.2 Å². The Morgan fingerprint density at radius 1 is 1.11 bits per heavy atom. The topological polar surface area (TPSA) is 32.6 Å². The van der Waals surface area contributed by atoms with E-state index in [1.807, 2.05) is 13.8 Å². The average Bonchev–Trinajstić information content (AvgIpc) is 2.41. The van der Waals surface area contributed by atoms with Gasteiger partial charge in [0.1, 0.15) is 0 Å². The number of oxime groups is 1.